The van der Waals surface area contributed by atoms with E-state index in [1.807, 2.05) is 0 Å². The number of nitrogen functional groups attached to an aromatic ring is 1. The molecule has 0 bridgehead atoms. The first-order valence-corrected chi connectivity index (χ1v) is 5.02. The van der Waals surface area contributed by atoms with Gasteiger partial charge in [-0.05, 0) is 12.1 Å². The highest BCUT2D eigenvalue weighted by Crippen LogP contribution is 2.23. The zero-order valence-electron chi connectivity index (χ0n) is 8.58. The van der Waals surface area contributed by atoms with Crippen LogP contribution in [0.25, 0.3) is 0 Å². The molecule has 0 aliphatic heterocycles. The summed E-state index contributed by atoms with van der Waals surface area (Å²) < 4.78 is 1.42. The molecule has 17 heavy (non-hydrogen) atoms. The highest BCUT2D eigenvalue weighted by Gasteiger charge is 2.14. The quantitative estimate of drug-likeness (QED) is 0.659. The van der Waals surface area contributed by atoms with Crippen LogP contribution in [0.4, 0.5) is 11.5 Å². The highest BCUT2D eigenvalue weighted by molar-refractivity contribution is 6.30. The van der Waals surface area contributed by atoms with Gasteiger partial charge in [0.15, 0.2) is 5.82 Å². The van der Waals surface area contributed by atoms with E-state index in [9.17, 15) is 10.1 Å². The van der Waals surface area contributed by atoms with Crippen molar-refractivity contribution in [2.45, 2.75) is 6.54 Å². The molecule has 7 nitrogen and oxygen atoms in total. The van der Waals surface area contributed by atoms with Crippen molar-refractivity contribution >= 4 is 23.1 Å². The van der Waals surface area contributed by atoms with Crippen LogP contribution < -0.4 is 5.73 Å². The third-order valence-corrected chi connectivity index (χ3v) is 2.37. The molecule has 0 radical (unpaired) electrons. The molecule has 0 atom stereocenters. The molecule has 2 aromatic rings. The molecule has 8 heteroatoms. The Hall–Kier alpha value is -2.15. The van der Waals surface area contributed by atoms with Crippen molar-refractivity contribution in [3.63, 3.8) is 0 Å². The van der Waals surface area contributed by atoms with Crippen molar-refractivity contribution < 1.29 is 4.92 Å². The van der Waals surface area contributed by atoms with Gasteiger partial charge in [-0.15, -0.1) is 5.10 Å². The second-order valence-electron chi connectivity index (χ2n) is 3.37. The Bertz CT molecular complexity index is 568. The number of hydrogen-bond donors (Lipinski definition) is 1. The fraction of sp³-hybridized carbons (Fsp3) is 0.111. The maximum absolute atomic E-state index is 10.8. The molecule has 0 aliphatic rings. The molecule has 2 rings (SSSR count). The van der Waals surface area contributed by atoms with Crippen LogP contribution in [-0.2, 0) is 6.54 Å². The third kappa shape index (κ3) is 2.51. The minimum Gasteiger partial charge on any atom is -0.381 e. The van der Waals surface area contributed by atoms with Gasteiger partial charge in [0, 0.05) is 11.1 Å². The summed E-state index contributed by atoms with van der Waals surface area (Å²) in [6.45, 7) is 0.220. The van der Waals surface area contributed by atoms with Crippen molar-refractivity contribution in [2.75, 3.05) is 5.73 Å². The highest BCUT2D eigenvalue weighted by atomic mass is 35.5. The molecule has 2 N–H and O–H groups in total. The molecule has 0 spiro atoms. The predicted molar refractivity (Wildman–Crippen MR) is 61.6 cm³/mol. The number of hydrogen-bond acceptors (Lipinski definition) is 5. The topological polar surface area (TPSA) is 99.9 Å². The van der Waals surface area contributed by atoms with Crippen LogP contribution in [-0.4, -0.2) is 19.9 Å². The van der Waals surface area contributed by atoms with Gasteiger partial charge < -0.3 is 5.73 Å². The number of anilines is 1. The van der Waals surface area contributed by atoms with Crippen LogP contribution in [0, 0.1) is 10.1 Å². The van der Waals surface area contributed by atoms with E-state index in [1.54, 1.807) is 12.1 Å². The fourth-order valence-corrected chi connectivity index (χ4v) is 1.57. The molecule has 0 saturated heterocycles. The molecule has 0 fully saturated rings. The lowest BCUT2D eigenvalue weighted by Gasteiger charge is -2.02. The molecule has 0 amide bonds. The Morgan fingerprint density at radius 2 is 2.29 bits per heavy atom. The number of nitro groups is 1. The largest absolute Gasteiger partial charge is 0.381 e. The van der Waals surface area contributed by atoms with Gasteiger partial charge in [-0.3, -0.25) is 10.1 Å². The Kier molecular flexibility index (Phi) is 2.92. The number of nitrogens with zero attached hydrogens (tertiary/aromatic N) is 4. The maximum atomic E-state index is 10.8. The average molecular weight is 254 g/mol. The van der Waals surface area contributed by atoms with E-state index in [1.165, 1.54) is 16.9 Å². The summed E-state index contributed by atoms with van der Waals surface area (Å²) in [7, 11) is 0. The molecule has 1 aromatic carbocycles. The lowest BCUT2D eigenvalue weighted by atomic mass is 10.2. The van der Waals surface area contributed by atoms with Crippen molar-refractivity contribution in [1.29, 1.82) is 0 Å². The van der Waals surface area contributed by atoms with Gasteiger partial charge in [-0.1, -0.05) is 16.8 Å². The first-order valence-electron chi connectivity index (χ1n) is 4.64. The summed E-state index contributed by atoms with van der Waals surface area (Å²) in [5, 5.41) is 18.5. The van der Waals surface area contributed by atoms with Gasteiger partial charge >= 0.3 is 0 Å². The molecule has 0 unspecified atom stereocenters. The van der Waals surface area contributed by atoms with E-state index in [2.05, 4.69) is 10.3 Å². The van der Waals surface area contributed by atoms with E-state index < -0.39 is 4.92 Å². The number of nitrogens with two attached hydrogens (primary N) is 1. The van der Waals surface area contributed by atoms with Crippen LogP contribution >= 0.6 is 11.6 Å². The summed E-state index contributed by atoms with van der Waals surface area (Å²) >= 11 is 5.71. The van der Waals surface area contributed by atoms with Gasteiger partial charge in [0.1, 0.15) is 0 Å². The molecular weight excluding hydrogens is 246 g/mol. The lowest BCUT2D eigenvalue weighted by molar-refractivity contribution is -0.385. The zero-order valence-corrected chi connectivity index (χ0v) is 9.33. The minimum atomic E-state index is -0.485. The Labute approximate surface area is 101 Å². The van der Waals surface area contributed by atoms with Gasteiger partial charge in [-0.25, -0.2) is 4.68 Å². The Morgan fingerprint density at radius 1 is 1.53 bits per heavy atom. The smallest absolute Gasteiger partial charge is 0.275 e. The van der Waals surface area contributed by atoms with Crippen molar-refractivity contribution in [3.05, 3.63) is 45.1 Å². The van der Waals surface area contributed by atoms with Crippen LogP contribution in [0.3, 0.4) is 0 Å². The van der Waals surface area contributed by atoms with Crippen LogP contribution in [0.2, 0.25) is 5.02 Å². The second-order valence-corrected chi connectivity index (χ2v) is 3.81. The number of halogens is 1. The van der Waals surface area contributed by atoms with Gasteiger partial charge in [-0.2, -0.15) is 0 Å². The standard InChI is InChI=1S/C9H8ClN5O2/c10-7-2-1-6(8(3-7)15(16)17)4-14-5-9(11)12-13-14/h1-3,5H,4,11H2. The van der Waals surface area contributed by atoms with Crippen LogP contribution in [0.5, 0.6) is 0 Å². The maximum Gasteiger partial charge on any atom is 0.275 e. The fourth-order valence-electron chi connectivity index (χ4n) is 1.41. The predicted octanol–water partition coefficient (Wildman–Crippen LogP) is 1.47. The first-order chi connectivity index (χ1) is 8.06. The molecule has 1 heterocycles. The van der Waals surface area contributed by atoms with E-state index in [0.29, 0.717) is 10.6 Å². The summed E-state index contributed by atoms with van der Waals surface area (Å²) in [5.41, 5.74) is 5.85. The van der Waals surface area contributed by atoms with Gasteiger partial charge in [0.05, 0.1) is 23.2 Å². The number of benzene rings is 1. The summed E-state index contributed by atoms with van der Waals surface area (Å²) in [5.74, 6) is 0.265. The van der Waals surface area contributed by atoms with Crippen molar-refractivity contribution in [2.24, 2.45) is 0 Å². The molecule has 88 valence electrons. The molecular formula is C9H8ClN5O2. The monoisotopic (exact) mass is 253 g/mol. The summed E-state index contributed by atoms with van der Waals surface area (Å²) in [6, 6.07) is 4.47. The summed E-state index contributed by atoms with van der Waals surface area (Å²) in [4.78, 5) is 10.4. The first kappa shape index (κ1) is 11.3. The molecule has 0 saturated carbocycles. The second kappa shape index (κ2) is 4.38. The van der Waals surface area contributed by atoms with E-state index >= 15 is 0 Å². The lowest BCUT2D eigenvalue weighted by Crippen LogP contribution is -2.03. The third-order valence-electron chi connectivity index (χ3n) is 2.13. The number of rotatable bonds is 3. The average Bonchev–Trinajstić information content (AvgIpc) is 2.66. The Balaban J connectivity index is 2.35. The number of aromatic nitrogens is 3. The molecule has 0 aliphatic carbocycles. The Morgan fingerprint density at radius 3 is 2.88 bits per heavy atom. The summed E-state index contributed by atoms with van der Waals surface area (Å²) in [6.07, 6.45) is 1.50. The van der Waals surface area contributed by atoms with Gasteiger partial charge in [0.2, 0.25) is 0 Å². The van der Waals surface area contributed by atoms with Gasteiger partial charge in [0.25, 0.3) is 5.69 Å². The van der Waals surface area contributed by atoms with E-state index in [4.69, 9.17) is 17.3 Å². The van der Waals surface area contributed by atoms with Crippen molar-refractivity contribution in [1.82, 2.24) is 15.0 Å². The number of nitro benzene ring substituents is 1. The van der Waals surface area contributed by atoms with Crippen molar-refractivity contribution in [3.8, 4) is 0 Å². The van der Waals surface area contributed by atoms with E-state index in [0.717, 1.165) is 0 Å². The molecule has 1 aromatic heterocycles. The normalized spacial score (nSPS) is 10.4. The zero-order chi connectivity index (χ0) is 12.4. The van der Waals surface area contributed by atoms with Crippen LogP contribution in [0.1, 0.15) is 5.56 Å². The van der Waals surface area contributed by atoms with Crippen LogP contribution in [0.15, 0.2) is 24.4 Å². The van der Waals surface area contributed by atoms with E-state index in [-0.39, 0.29) is 18.1 Å². The SMILES string of the molecule is Nc1cn(Cc2ccc(Cl)cc2[N+](=O)[O-])nn1. The minimum absolute atomic E-state index is 0.0495.